The molecule has 1 aromatic heterocycles. The molecule has 0 saturated heterocycles. The Morgan fingerprint density at radius 2 is 2.26 bits per heavy atom. The van der Waals surface area contributed by atoms with Gasteiger partial charge < -0.3 is 15.4 Å². The van der Waals surface area contributed by atoms with Crippen LogP contribution in [-0.4, -0.2) is 36.7 Å². The Morgan fingerprint density at radius 3 is 2.74 bits per heavy atom. The lowest BCUT2D eigenvalue weighted by molar-refractivity contribution is -0.0679. The van der Waals surface area contributed by atoms with Crippen LogP contribution in [0.15, 0.2) is 18.3 Å². The summed E-state index contributed by atoms with van der Waals surface area (Å²) in [6.45, 7) is 3.41. The van der Waals surface area contributed by atoms with Gasteiger partial charge in [-0.1, -0.05) is 0 Å². The van der Waals surface area contributed by atoms with Crippen LogP contribution < -0.4 is 10.6 Å². The first-order valence-electron chi connectivity index (χ1n) is 6.72. The molecule has 0 atom stereocenters. The van der Waals surface area contributed by atoms with E-state index in [1.807, 2.05) is 13.0 Å². The first-order chi connectivity index (χ1) is 9.19. The average molecular weight is 263 g/mol. The van der Waals surface area contributed by atoms with Crippen LogP contribution in [0.1, 0.15) is 36.7 Å². The number of rotatable bonds is 6. The molecule has 5 nitrogen and oxygen atoms in total. The van der Waals surface area contributed by atoms with Crippen molar-refractivity contribution in [3.05, 3.63) is 24.0 Å². The molecule has 1 aromatic rings. The van der Waals surface area contributed by atoms with Crippen LogP contribution >= 0.6 is 0 Å². The molecule has 1 aliphatic carbocycles. The lowest BCUT2D eigenvalue weighted by Crippen LogP contribution is -2.49. The van der Waals surface area contributed by atoms with Crippen molar-refractivity contribution in [3.8, 4) is 0 Å². The summed E-state index contributed by atoms with van der Waals surface area (Å²) in [7, 11) is 1.70. The molecule has 0 unspecified atom stereocenters. The number of nitrogens with zero attached hydrogens (tertiary/aromatic N) is 1. The Balaban J connectivity index is 1.89. The third-order valence-corrected chi connectivity index (χ3v) is 3.65. The Hall–Kier alpha value is -1.62. The van der Waals surface area contributed by atoms with E-state index in [0.717, 1.165) is 25.1 Å². The van der Waals surface area contributed by atoms with Crippen LogP contribution in [-0.2, 0) is 4.74 Å². The molecule has 0 radical (unpaired) electrons. The summed E-state index contributed by atoms with van der Waals surface area (Å²) in [5.41, 5.74) is 1.21. The van der Waals surface area contributed by atoms with E-state index in [9.17, 15) is 4.79 Å². The van der Waals surface area contributed by atoms with Gasteiger partial charge in [-0.2, -0.15) is 0 Å². The highest BCUT2D eigenvalue weighted by Crippen LogP contribution is 2.34. The van der Waals surface area contributed by atoms with E-state index in [1.54, 1.807) is 19.4 Å². The van der Waals surface area contributed by atoms with E-state index in [4.69, 9.17) is 4.74 Å². The highest BCUT2D eigenvalue weighted by Gasteiger charge is 2.37. The van der Waals surface area contributed by atoms with Gasteiger partial charge in [-0.15, -0.1) is 0 Å². The van der Waals surface area contributed by atoms with Gasteiger partial charge in [0, 0.05) is 20.2 Å². The molecule has 1 saturated carbocycles. The molecule has 104 valence electrons. The molecule has 0 spiro atoms. The number of carbonyl (C=O) groups excluding carboxylic acids is 1. The van der Waals surface area contributed by atoms with Crippen molar-refractivity contribution in [1.29, 1.82) is 0 Å². The number of methoxy groups -OCH3 is 1. The molecule has 1 amide bonds. The maximum Gasteiger partial charge on any atom is 0.269 e. The Bertz CT molecular complexity index is 421. The molecular formula is C14H21N3O2. The van der Waals surface area contributed by atoms with Gasteiger partial charge in [0.2, 0.25) is 0 Å². The van der Waals surface area contributed by atoms with Crippen molar-refractivity contribution in [3.63, 3.8) is 0 Å². The minimum atomic E-state index is -0.153. The van der Waals surface area contributed by atoms with Gasteiger partial charge in [0.05, 0.1) is 17.5 Å². The van der Waals surface area contributed by atoms with Crippen molar-refractivity contribution >= 4 is 11.6 Å². The van der Waals surface area contributed by atoms with Gasteiger partial charge in [0.25, 0.3) is 5.91 Å². The zero-order chi connectivity index (χ0) is 13.7. The number of anilines is 1. The zero-order valence-electron chi connectivity index (χ0n) is 11.5. The molecule has 2 N–H and O–H groups in total. The van der Waals surface area contributed by atoms with Crippen LogP contribution in [0.4, 0.5) is 5.69 Å². The molecular weight excluding hydrogens is 242 g/mol. The minimum Gasteiger partial charge on any atom is -0.384 e. The van der Waals surface area contributed by atoms with Crippen molar-refractivity contribution in [2.45, 2.75) is 31.8 Å². The number of aromatic nitrogens is 1. The second kappa shape index (κ2) is 6.02. The molecule has 1 aliphatic rings. The summed E-state index contributed by atoms with van der Waals surface area (Å²) in [5.74, 6) is -0.147. The SMILES string of the molecule is CCNc1ccc(C(=O)NCC2(OC)CCC2)nc1. The van der Waals surface area contributed by atoms with Gasteiger partial charge in [-0.05, 0) is 38.3 Å². The average Bonchev–Trinajstić information content (AvgIpc) is 2.39. The molecule has 2 rings (SSSR count). The van der Waals surface area contributed by atoms with Gasteiger partial charge in [-0.3, -0.25) is 4.79 Å². The highest BCUT2D eigenvalue weighted by molar-refractivity contribution is 5.92. The predicted octanol–water partition coefficient (Wildman–Crippen LogP) is 1.81. The summed E-state index contributed by atoms with van der Waals surface area (Å²) in [6, 6.07) is 3.59. The fourth-order valence-corrected chi connectivity index (χ4v) is 2.19. The van der Waals surface area contributed by atoms with E-state index in [1.165, 1.54) is 6.42 Å². The number of pyridine rings is 1. The zero-order valence-corrected chi connectivity index (χ0v) is 11.5. The van der Waals surface area contributed by atoms with E-state index in [-0.39, 0.29) is 11.5 Å². The summed E-state index contributed by atoms with van der Waals surface area (Å²) >= 11 is 0. The van der Waals surface area contributed by atoms with E-state index < -0.39 is 0 Å². The van der Waals surface area contributed by atoms with Crippen molar-refractivity contribution in [1.82, 2.24) is 10.3 Å². The van der Waals surface area contributed by atoms with E-state index in [2.05, 4.69) is 15.6 Å². The third kappa shape index (κ3) is 3.23. The third-order valence-electron chi connectivity index (χ3n) is 3.65. The maximum atomic E-state index is 12.0. The standard InChI is InChI=1S/C14H21N3O2/c1-3-15-11-5-6-12(16-9-11)13(18)17-10-14(19-2)7-4-8-14/h5-6,9,15H,3-4,7-8,10H2,1-2H3,(H,17,18). The first kappa shape index (κ1) is 13.8. The van der Waals surface area contributed by atoms with Crippen LogP contribution in [0.5, 0.6) is 0 Å². The molecule has 19 heavy (non-hydrogen) atoms. The normalized spacial score (nSPS) is 16.5. The number of ether oxygens (including phenoxy) is 1. The van der Waals surface area contributed by atoms with E-state index in [0.29, 0.717) is 12.2 Å². The quantitative estimate of drug-likeness (QED) is 0.821. The lowest BCUT2D eigenvalue weighted by atomic mass is 9.80. The fourth-order valence-electron chi connectivity index (χ4n) is 2.19. The summed E-state index contributed by atoms with van der Waals surface area (Å²) < 4.78 is 5.47. The topological polar surface area (TPSA) is 63.2 Å². The number of hydrogen-bond donors (Lipinski definition) is 2. The minimum absolute atomic E-state index is 0.147. The first-order valence-corrected chi connectivity index (χ1v) is 6.72. The Kier molecular flexibility index (Phi) is 4.37. The second-order valence-electron chi connectivity index (χ2n) is 4.89. The smallest absolute Gasteiger partial charge is 0.269 e. The number of hydrogen-bond acceptors (Lipinski definition) is 4. The van der Waals surface area contributed by atoms with Gasteiger partial charge in [-0.25, -0.2) is 4.98 Å². The van der Waals surface area contributed by atoms with Gasteiger partial charge in [0.1, 0.15) is 5.69 Å². The molecule has 1 heterocycles. The molecule has 0 aliphatic heterocycles. The van der Waals surface area contributed by atoms with Crippen LogP contribution in [0.3, 0.4) is 0 Å². The number of amides is 1. The summed E-state index contributed by atoms with van der Waals surface area (Å²) in [4.78, 5) is 16.1. The maximum absolute atomic E-state index is 12.0. The molecule has 0 bridgehead atoms. The summed E-state index contributed by atoms with van der Waals surface area (Å²) in [5, 5.41) is 6.04. The molecule has 5 heteroatoms. The van der Waals surface area contributed by atoms with Gasteiger partial charge >= 0.3 is 0 Å². The van der Waals surface area contributed by atoms with Crippen molar-refractivity contribution in [2.75, 3.05) is 25.5 Å². The lowest BCUT2D eigenvalue weighted by Gasteiger charge is -2.40. The number of carbonyl (C=O) groups is 1. The summed E-state index contributed by atoms with van der Waals surface area (Å²) in [6.07, 6.45) is 4.86. The predicted molar refractivity (Wildman–Crippen MR) is 74.3 cm³/mol. The number of nitrogens with one attached hydrogen (secondary N) is 2. The van der Waals surface area contributed by atoms with Crippen LogP contribution in [0.25, 0.3) is 0 Å². The Labute approximate surface area is 113 Å². The Morgan fingerprint density at radius 1 is 1.47 bits per heavy atom. The van der Waals surface area contributed by atoms with Gasteiger partial charge in [0.15, 0.2) is 0 Å². The monoisotopic (exact) mass is 263 g/mol. The van der Waals surface area contributed by atoms with E-state index >= 15 is 0 Å². The van der Waals surface area contributed by atoms with Crippen LogP contribution in [0, 0.1) is 0 Å². The molecule has 1 fully saturated rings. The van der Waals surface area contributed by atoms with Crippen molar-refractivity contribution in [2.24, 2.45) is 0 Å². The largest absolute Gasteiger partial charge is 0.384 e. The second-order valence-corrected chi connectivity index (χ2v) is 4.89. The van der Waals surface area contributed by atoms with Crippen molar-refractivity contribution < 1.29 is 9.53 Å². The molecule has 0 aromatic carbocycles. The highest BCUT2D eigenvalue weighted by atomic mass is 16.5. The fraction of sp³-hybridized carbons (Fsp3) is 0.571. The van der Waals surface area contributed by atoms with Crippen LogP contribution in [0.2, 0.25) is 0 Å².